The van der Waals surface area contributed by atoms with Crippen LogP contribution in [0.2, 0.25) is 0 Å². The van der Waals surface area contributed by atoms with E-state index in [1.54, 1.807) is 26.0 Å². The Kier molecular flexibility index (Phi) is 11.4. The minimum atomic E-state index is -0.632. The highest BCUT2D eigenvalue weighted by molar-refractivity contribution is 6.55. The first kappa shape index (κ1) is 24.5. The van der Waals surface area contributed by atoms with E-state index in [4.69, 9.17) is 14.2 Å². The molecule has 10 heteroatoms. The van der Waals surface area contributed by atoms with Crippen molar-refractivity contribution in [2.45, 2.75) is 26.9 Å². The number of hydrogen-bond acceptors (Lipinski definition) is 7. The van der Waals surface area contributed by atoms with Gasteiger partial charge >= 0.3 is 6.09 Å². The van der Waals surface area contributed by atoms with Gasteiger partial charge in [-0.3, -0.25) is 9.59 Å². The van der Waals surface area contributed by atoms with Crippen molar-refractivity contribution in [2.75, 3.05) is 39.9 Å². The van der Waals surface area contributed by atoms with Crippen LogP contribution >= 0.6 is 0 Å². The molecular formula is C19H30BN3O6. The van der Waals surface area contributed by atoms with Gasteiger partial charge in [-0.05, 0) is 49.7 Å². The van der Waals surface area contributed by atoms with E-state index in [1.165, 1.54) is 7.85 Å². The van der Waals surface area contributed by atoms with E-state index < -0.39 is 6.09 Å². The predicted octanol–water partition coefficient (Wildman–Crippen LogP) is 0.404. The Hall–Kier alpha value is -2.59. The van der Waals surface area contributed by atoms with Crippen LogP contribution in [0.25, 0.3) is 0 Å². The average Bonchev–Trinajstić information content (AvgIpc) is 2.65. The molecule has 2 amide bonds. The summed E-state index contributed by atoms with van der Waals surface area (Å²) < 4.78 is 15.6. The lowest BCUT2D eigenvalue weighted by atomic mass is 10.1. The summed E-state index contributed by atoms with van der Waals surface area (Å²) in [5.41, 5.74) is 2.31. The molecule has 160 valence electrons. The highest BCUT2D eigenvalue weighted by Crippen LogP contribution is 2.25. The van der Waals surface area contributed by atoms with Crippen molar-refractivity contribution in [3.05, 3.63) is 28.8 Å². The van der Waals surface area contributed by atoms with Gasteiger partial charge in [0.05, 0.1) is 13.2 Å². The highest BCUT2D eigenvalue weighted by Gasteiger charge is 2.12. The van der Waals surface area contributed by atoms with Crippen LogP contribution in [-0.4, -0.2) is 65.6 Å². The molecule has 0 bridgehead atoms. The third-order valence-corrected chi connectivity index (χ3v) is 3.84. The molecule has 0 spiro atoms. The molecule has 0 saturated heterocycles. The number of benzene rings is 1. The largest absolute Gasteiger partial charge is 0.469 e. The molecule has 1 aromatic rings. The van der Waals surface area contributed by atoms with Crippen LogP contribution in [-0.2, 0) is 20.9 Å². The maximum atomic E-state index is 12.0. The second-order valence-corrected chi connectivity index (χ2v) is 6.47. The Morgan fingerprint density at radius 3 is 2.28 bits per heavy atom. The van der Waals surface area contributed by atoms with Gasteiger partial charge in [-0.25, -0.2) is 4.79 Å². The lowest BCUT2D eigenvalue weighted by molar-refractivity contribution is -0.121. The number of ether oxygens (including phenoxy) is 3. The fourth-order valence-corrected chi connectivity index (χ4v) is 2.50. The molecule has 0 heterocycles. The Morgan fingerprint density at radius 2 is 1.66 bits per heavy atom. The van der Waals surface area contributed by atoms with E-state index in [1.807, 2.05) is 7.05 Å². The molecule has 0 saturated carbocycles. The van der Waals surface area contributed by atoms with Crippen LogP contribution in [0.1, 0.15) is 23.1 Å². The van der Waals surface area contributed by atoms with Crippen molar-refractivity contribution in [3.63, 3.8) is 0 Å². The van der Waals surface area contributed by atoms with Gasteiger partial charge in [-0.2, -0.15) is 0 Å². The van der Waals surface area contributed by atoms with Gasteiger partial charge in [0, 0.05) is 26.1 Å². The number of rotatable bonds is 12. The maximum Gasteiger partial charge on any atom is 0.412 e. The zero-order chi connectivity index (χ0) is 21.6. The standard InChI is InChI=1S/C19H30BN3O6/c1-13-10-15(12-28-18(20)25)11-14(2)17(13)29-19(26)23-5-4-16(24)22-7-9-27-8-6-21-3/h10-11,21H,4-9,12,20H2,1-3H3,(H,22,24)(H,23,26). The van der Waals surface area contributed by atoms with Gasteiger partial charge in [0.1, 0.15) is 12.4 Å². The number of amides is 2. The molecule has 3 N–H and O–H groups in total. The Balaban J connectivity index is 2.34. The smallest absolute Gasteiger partial charge is 0.412 e. The van der Waals surface area contributed by atoms with Crippen molar-refractivity contribution in [1.82, 2.24) is 16.0 Å². The zero-order valence-corrected chi connectivity index (χ0v) is 17.6. The summed E-state index contributed by atoms with van der Waals surface area (Å²) in [7, 11) is 3.19. The second kappa shape index (κ2) is 13.6. The van der Waals surface area contributed by atoms with Gasteiger partial charge < -0.3 is 30.2 Å². The van der Waals surface area contributed by atoms with Crippen molar-refractivity contribution in [2.24, 2.45) is 0 Å². The molecule has 1 rings (SSSR count). The monoisotopic (exact) mass is 407 g/mol. The summed E-state index contributed by atoms with van der Waals surface area (Å²) in [5, 5.41) is 8.23. The summed E-state index contributed by atoms with van der Waals surface area (Å²) in [6.07, 6.45) is -0.489. The number of aryl methyl sites for hydroxylation is 2. The van der Waals surface area contributed by atoms with Crippen molar-refractivity contribution >= 4 is 25.7 Å². The van der Waals surface area contributed by atoms with Crippen LogP contribution in [0.4, 0.5) is 9.59 Å². The van der Waals surface area contributed by atoms with E-state index in [9.17, 15) is 14.4 Å². The molecule has 29 heavy (non-hydrogen) atoms. The quantitative estimate of drug-likeness (QED) is 0.340. The van der Waals surface area contributed by atoms with Crippen molar-refractivity contribution in [1.29, 1.82) is 0 Å². The molecule has 0 aliphatic rings. The molecule has 9 nitrogen and oxygen atoms in total. The predicted molar refractivity (Wildman–Crippen MR) is 111 cm³/mol. The molecule has 0 atom stereocenters. The van der Waals surface area contributed by atoms with Crippen LogP contribution < -0.4 is 20.7 Å². The Labute approximate surface area is 172 Å². The Morgan fingerprint density at radius 1 is 1.00 bits per heavy atom. The highest BCUT2D eigenvalue weighted by atomic mass is 16.6. The minimum Gasteiger partial charge on any atom is -0.469 e. The molecule has 0 aliphatic carbocycles. The first-order valence-corrected chi connectivity index (χ1v) is 9.51. The normalized spacial score (nSPS) is 10.3. The summed E-state index contributed by atoms with van der Waals surface area (Å²) in [5.74, 6) is -0.0905. The number of carbonyl (C=O) groups excluding carboxylic acids is 3. The first-order chi connectivity index (χ1) is 13.8. The fraction of sp³-hybridized carbons (Fsp3) is 0.526. The van der Waals surface area contributed by atoms with Crippen molar-refractivity contribution < 1.29 is 28.6 Å². The summed E-state index contributed by atoms with van der Waals surface area (Å²) >= 11 is 0. The third kappa shape index (κ3) is 10.5. The van der Waals surface area contributed by atoms with E-state index >= 15 is 0 Å². The lowest BCUT2D eigenvalue weighted by Crippen LogP contribution is -2.33. The lowest BCUT2D eigenvalue weighted by Gasteiger charge is -2.13. The molecular weight excluding hydrogens is 377 g/mol. The molecule has 0 fully saturated rings. The average molecular weight is 407 g/mol. The number of nitrogens with one attached hydrogen (secondary N) is 3. The van der Waals surface area contributed by atoms with Gasteiger partial charge in [0.15, 0.2) is 0 Å². The van der Waals surface area contributed by atoms with Crippen LogP contribution in [0.5, 0.6) is 5.75 Å². The molecule has 0 unspecified atom stereocenters. The molecule has 0 aromatic heterocycles. The molecule has 0 aliphatic heterocycles. The number of likely N-dealkylation sites (N-methyl/N-ethyl adjacent to an activating group) is 1. The molecule has 1 aromatic carbocycles. The fourth-order valence-electron chi connectivity index (χ4n) is 2.50. The second-order valence-electron chi connectivity index (χ2n) is 6.47. The SMILES string of the molecule is BC(=O)OCc1cc(C)c(OC(=O)NCCC(=O)NCCOCCNC)c(C)c1. The molecule has 0 radical (unpaired) electrons. The van der Waals surface area contributed by atoms with E-state index in [-0.39, 0.29) is 31.3 Å². The van der Waals surface area contributed by atoms with Gasteiger partial charge in [-0.15, -0.1) is 0 Å². The van der Waals surface area contributed by atoms with E-state index in [2.05, 4.69) is 16.0 Å². The van der Waals surface area contributed by atoms with Gasteiger partial charge in [0.2, 0.25) is 19.6 Å². The minimum absolute atomic E-state index is 0.144. The third-order valence-electron chi connectivity index (χ3n) is 3.84. The topological polar surface area (TPSA) is 115 Å². The summed E-state index contributed by atoms with van der Waals surface area (Å²) in [6.45, 7) is 6.14. The van der Waals surface area contributed by atoms with Crippen LogP contribution in [0.15, 0.2) is 12.1 Å². The van der Waals surface area contributed by atoms with Crippen LogP contribution in [0.3, 0.4) is 0 Å². The zero-order valence-electron chi connectivity index (χ0n) is 17.6. The summed E-state index contributed by atoms with van der Waals surface area (Å²) in [6, 6.07) is 3.59. The van der Waals surface area contributed by atoms with Gasteiger partial charge in [0.25, 0.3) is 0 Å². The number of hydrogen-bond donors (Lipinski definition) is 3. The summed E-state index contributed by atoms with van der Waals surface area (Å²) in [4.78, 5) is 34.6. The number of carbonyl (C=O) groups is 3. The Bertz CT molecular complexity index is 676. The van der Waals surface area contributed by atoms with Crippen molar-refractivity contribution in [3.8, 4) is 5.75 Å². The first-order valence-electron chi connectivity index (χ1n) is 9.51. The van der Waals surface area contributed by atoms with E-state index in [0.29, 0.717) is 25.5 Å². The van der Waals surface area contributed by atoms with E-state index in [0.717, 1.165) is 23.2 Å². The maximum absolute atomic E-state index is 12.0. The van der Waals surface area contributed by atoms with Crippen LogP contribution in [0, 0.1) is 13.8 Å². The van der Waals surface area contributed by atoms with Gasteiger partial charge in [-0.1, -0.05) is 0 Å².